The van der Waals surface area contributed by atoms with E-state index in [9.17, 15) is 0 Å². The molecular weight excluding hydrogens is 170 g/mol. The summed E-state index contributed by atoms with van der Waals surface area (Å²) in [6, 6.07) is 0. The van der Waals surface area contributed by atoms with Gasteiger partial charge in [0.2, 0.25) is 0 Å². The summed E-state index contributed by atoms with van der Waals surface area (Å²) in [5, 5.41) is 0. The van der Waals surface area contributed by atoms with Gasteiger partial charge in [-0.2, -0.15) is 0 Å². The van der Waals surface area contributed by atoms with Crippen LogP contribution in [0.3, 0.4) is 0 Å². The van der Waals surface area contributed by atoms with Crippen LogP contribution in [-0.4, -0.2) is 19.0 Å². The lowest BCUT2D eigenvalue weighted by Gasteiger charge is -2.11. The molecule has 14 heavy (non-hydrogen) atoms. The van der Waals surface area contributed by atoms with E-state index < -0.39 is 0 Å². The van der Waals surface area contributed by atoms with Crippen LogP contribution in [0.1, 0.15) is 41.5 Å². The van der Waals surface area contributed by atoms with Gasteiger partial charge in [-0.1, -0.05) is 33.3 Å². The monoisotopic (exact) mass is 197 g/mol. The van der Waals surface area contributed by atoms with Gasteiger partial charge in [-0.25, -0.2) is 0 Å². The molecule has 84 valence electrons. The van der Waals surface area contributed by atoms with E-state index in [4.69, 9.17) is 0 Å². The minimum absolute atomic E-state index is 0.617. The van der Waals surface area contributed by atoms with Gasteiger partial charge in [0.15, 0.2) is 0 Å². The first-order valence-electron chi connectivity index (χ1n) is 5.47. The predicted molar refractivity (Wildman–Crippen MR) is 67.4 cm³/mol. The van der Waals surface area contributed by atoms with Gasteiger partial charge < -0.3 is 4.90 Å². The van der Waals surface area contributed by atoms with Crippen molar-refractivity contribution in [1.29, 1.82) is 0 Å². The number of rotatable bonds is 3. The molecule has 0 aromatic heterocycles. The predicted octanol–water partition coefficient (Wildman–Crippen LogP) is 4.08. The second-order valence-electron chi connectivity index (χ2n) is 3.89. The highest BCUT2D eigenvalue weighted by atomic mass is 15.0. The highest BCUT2D eigenvalue weighted by Crippen LogP contribution is 2.15. The van der Waals surface area contributed by atoms with Crippen molar-refractivity contribution in [2.24, 2.45) is 5.92 Å². The number of nitrogens with zero attached hydrogens (tertiary/aromatic N) is 1. The summed E-state index contributed by atoms with van der Waals surface area (Å²) < 4.78 is 0. The van der Waals surface area contributed by atoms with Crippen molar-refractivity contribution >= 4 is 0 Å². The van der Waals surface area contributed by atoms with Crippen molar-refractivity contribution < 1.29 is 0 Å². The highest BCUT2D eigenvalue weighted by molar-refractivity contribution is 5.24. The molecule has 0 saturated heterocycles. The Morgan fingerprint density at radius 1 is 1.07 bits per heavy atom. The van der Waals surface area contributed by atoms with Gasteiger partial charge in [0.05, 0.1) is 0 Å². The molecule has 0 atom stereocenters. The van der Waals surface area contributed by atoms with Crippen molar-refractivity contribution in [2.75, 3.05) is 14.1 Å². The third-order valence-corrected chi connectivity index (χ3v) is 1.75. The van der Waals surface area contributed by atoms with Gasteiger partial charge in [0.25, 0.3) is 0 Å². The van der Waals surface area contributed by atoms with Gasteiger partial charge in [0, 0.05) is 14.1 Å². The SMILES string of the molecule is CC.CC(C)=C(/C=C\N(C)C)C(C)C. The number of hydrogen-bond acceptors (Lipinski definition) is 1. The van der Waals surface area contributed by atoms with Crippen LogP contribution in [0.4, 0.5) is 0 Å². The Kier molecular flexibility index (Phi) is 9.96. The van der Waals surface area contributed by atoms with Gasteiger partial charge >= 0.3 is 0 Å². The molecule has 0 rings (SSSR count). The van der Waals surface area contributed by atoms with Crippen LogP contribution in [0.15, 0.2) is 23.4 Å². The minimum Gasteiger partial charge on any atom is -0.383 e. The Hall–Kier alpha value is -0.720. The number of allylic oxidation sites excluding steroid dienone is 3. The Bertz CT molecular complexity index is 181. The molecule has 0 radical (unpaired) electrons. The quantitative estimate of drug-likeness (QED) is 0.616. The van der Waals surface area contributed by atoms with Gasteiger partial charge in [-0.15, -0.1) is 0 Å². The Balaban J connectivity index is 0. The second-order valence-corrected chi connectivity index (χ2v) is 3.89. The van der Waals surface area contributed by atoms with Crippen LogP contribution >= 0.6 is 0 Å². The van der Waals surface area contributed by atoms with Crippen molar-refractivity contribution in [3.63, 3.8) is 0 Å². The van der Waals surface area contributed by atoms with Crippen molar-refractivity contribution in [2.45, 2.75) is 41.5 Å². The van der Waals surface area contributed by atoms with Crippen LogP contribution in [0, 0.1) is 5.92 Å². The summed E-state index contributed by atoms with van der Waals surface area (Å²) in [4.78, 5) is 2.06. The summed E-state index contributed by atoms with van der Waals surface area (Å²) in [6.45, 7) is 12.8. The van der Waals surface area contributed by atoms with E-state index in [0.29, 0.717) is 5.92 Å². The first-order valence-corrected chi connectivity index (χ1v) is 5.47. The van der Waals surface area contributed by atoms with E-state index in [1.807, 2.05) is 27.9 Å². The molecule has 0 aromatic rings. The van der Waals surface area contributed by atoms with Crippen molar-refractivity contribution in [3.05, 3.63) is 23.4 Å². The normalized spacial score (nSPS) is 9.79. The molecule has 0 aliphatic rings. The third-order valence-electron chi connectivity index (χ3n) is 1.75. The fraction of sp³-hybridized carbons (Fsp3) is 0.692. The molecule has 0 fully saturated rings. The summed E-state index contributed by atoms with van der Waals surface area (Å²) in [5.74, 6) is 0.617. The van der Waals surface area contributed by atoms with Crippen LogP contribution in [0.2, 0.25) is 0 Å². The molecule has 0 amide bonds. The largest absolute Gasteiger partial charge is 0.383 e. The molecule has 0 aliphatic heterocycles. The first kappa shape index (κ1) is 15.7. The molecule has 0 unspecified atom stereocenters. The first-order chi connectivity index (χ1) is 6.45. The highest BCUT2D eigenvalue weighted by Gasteiger charge is 2.00. The molecule has 0 bridgehead atoms. The lowest BCUT2D eigenvalue weighted by atomic mass is 9.99. The van der Waals surface area contributed by atoms with Crippen LogP contribution < -0.4 is 0 Å². The van der Waals surface area contributed by atoms with Crippen LogP contribution in [0.5, 0.6) is 0 Å². The Morgan fingerprint density at radius 3 is 1.71 bits per heavy atom. The zero-order chi connectivity index (χ0) is 11.7. The average molecular weight is 197 g/mol. The lowest BCUT2D eigenvalue weighted by Crippen LogP contribution is -2.02. The van der Waals surface area contributed by atoms with E-state index >= 15 is 0 Å². The molecule has 0 spiro atoms. The summed E-state index contributed by atoms with van der Waals surface area (Å²) >= 11 is 0. The van der Waals surface area contributed by atoms with E-state index in [0.717, 1.165) is 0 Å². The van der Waals surface area contributed by atoms with Gasteiger partial charge in [0.1, 0.15) is 0 Å². The minimum atomic E-state index is 0.617. The van der Waals surface area contributed by atoms with Crippen LogP contribution in [0.25, 0.3) is 0 Å². The summed E-state index contributed by atoms with van der Waals surface area (Å²) in [7, 11) is 4.08. The maximum atomic E-state index is 2.22. The molecule has 0 heterocycles. The second kappa shape index (κ2) is 8.86. The molecule has 1 nitrogen and oxygen atoms in total. The summed E-state index contributed by atoms with van der Waals surface area (Å²) in [5.41, 5.74) is 2.84. The van der Waals surface area contributed by atoms with E-state index in [1.165, 1.54) is 11.1 Å². The van der Waals surface area contributed by atoms with Gasteiger partial charge in [-0.05, 0) is 37.6 Å². The standard InChI is InChI=1S/C11H21N.C2H6/c1-9(2)11(10(3)4)7-8-12(5)6;1-2/h7-9H,1-6H3;1-2H3/b8-7-;. The topological polar surface area (TPSA) is 3.24 Å². The Morgan fingerprint density at radius 2 is 1.50 bits per heavy atom. The molecule has 0 aromatic carbocycles. The molecule has 0 aliphatic carbocycles. The smallest absolute Gasteiger partial charge is 0.00556 e. The fourth-order valence-corrected chi connectivity index (χ4v) is 1.17. The Labute approximate surface area is 90.5 Å². The van der Waals surface area contributed by atoms with E-state index in [1.54, 1.807) is 0 Å². The molecule has 1 heteroatoms. The third kappa shape index (κ3) is 7.90. The average Bonchev–Trinajstić information content (AvgIpc) is 2.06. The maximum absolute atomic E-state index is 2.22. The van der Waals surface area contributed by atoms with E-state index in [2.05, 4.69) is 44.9 Å². The molecular formula is C13H27N. The fourth-order valence-electron chi connectivity index (χ4n) is 1.17. The molecule has 0 saturated carbocycles. The summed E-state index contributed by atoms with van der Waals surface area (Å²) in [6.07, 6.45) is 4.29. The zero-order valence-corrected chi connectivity index (χ0v) is 11.2. The maximum Gasteiger partial charge on any atom is 0.00556 e. The van der Waals surface area contributed by atoms with E-state index in [-0.39, 0.29) is 0 Å². The lowest BCUT2D eigenvalue weighted by molar-refractivity contribution is 0.562. The molecule has 0 N–H and O–H groups in total. The van der Waals surface area contributed by atoms with Crippen LogP contribution in [-0.2, 0) is 0 Å². The van der Waals surface area contributed by atoms with Gasteiger partial charge in [-0.3, -0.25) is 0 Å². The zero-order valence-electron chi connectivity index (χ0n) is 11.2. The number of hydrogen-bond donors (Lipinski definition) is 0. The van der Waals surface area contributed by atoms with Crippen molar-refractivity contribution in [1.82, 2.24) is 4.90 Å². The van der Waals surface area contributed by atoms with Crippen molar-refractivity contribution in [3.8, 4) is 0 Å².